The van der Waals surface area contributed by atoms with Crippen molar-refractivity contribution in [3.63, 3.8) is 0 Å². The zero-order valence-corrected chi connectivity index (χ0v) is 17.2. The Morgan fingerprint density at radius 3 is 2.56 bits per heavy atom. The van der Waals surface area contributed by atoms with Gasteiger partial charge in [0.2, 0.25) is 5.91 Å². The van der Waals surface area contributed by atoms with Crippen molar-refractivity contribution >= 4 is 28.4 Å². The topological polar surface area (TPSA) is 89.0 Å². The molecular weight excluding hydrogens is 400 g/mol. The van der Waals surface area contributed by atoms with Gasteiger partial charge in [0.05, 0.1) is 17.7 Å². The van der Waals surface area contributed by atoms with Gasteiger partial charge in [-0.25, -0.2) is 0 Å². The first kappa shape index (κ1) is 19.6. The monoisotopic (exact) mass is 420 g/mol. The van der Waals surface area contributed by atoms with Crippen LogP contribution in [-0.4, -0.2) is 28.2 Å². The number of hydrogen-bond acceptors (Lipinski definition) is 3. The van der Waals surface area contributed by atoms with Crippen LogP contribution in [0.4, 0.5) is 5.69 Å². The van der Waals surface area contributed by atoms with E-state index in [-0.39, 0.29) is 24.3 Å². The molecule has 0 radical (unpaired) electrons. The molecule has 3 aromatic carbocycles. The van der Waals surface area contributed by atoms with E-state index in [0.717, 1.165) is 22.0 Å². The van der Waals surface area contributed by atoms with E-state index in [1.165, 1.54) is 0 Å². The molecule has 1 aliphatic rings. The van der Waals surface area contributed by atoms with Crippen LogP contribution in [0.25, 0.3) is 10.9 Å². The Hall–Kier alpha value is -4.37. The van der Waals surface area contributed by atoms with Crippen LogP contribution in [0.1, 0.15) is 39.5 Å². The van der Waals surface area contributed by atoms with Crippen LogP contribution in [0.15, 0.2) is 79.0 Å². The highest BCUT2D eigenvalue weighted by molar-refractivity contribution is 6.01. The third kappa shape index (κ3) is 3.40. The van der Waals surface area contributed by atoms with Gasteiger partial charge in [-0.05, 0) is 42.0 Å². The van der Waals surface area contributed by atoms with Gasteiger partial charge in [0.25, 0.3) is 5.91 Å². The summed E-state index contributed by atoms with van der Waals surface area (Å²) in [7, 11) is 0. The third-order valence-electron chi connectivity index (χ3n) is 5.85. The average Bonchev–Trinajstić information content (AvgIpc) is 3.37. The van der Waals surface area contributed by atoms with E-state index in [2.05, 4.69) is 16.4 Å². The van der Waals surface area contributed by atoms with Crippen LogP contribution < -0.4 is 5.32 Å². The molecule has 1 atom stereocenters. The van der Waals surface area contributed by atoms with Crippen molar-refractivity contribution in [3.05, 3.63) is 101 Å². The molecular formula is C26H20N4O2. The van der Waals surface area contributed by atoms with Crippen LogP contribution in [0.3, 0.4) is 0 Å². The molecule has 0 saturated heterocycles. The van der Waals surface area contributed by atoms with Gasteiger partial charge in [-0.1, -0.05) is 36.4 Å². The van der Waals surface area contributed by atoms with Crippen LogP contribution in [-0.2, 0) is 4.79 Å². The van der Waals surface area contributed by atoms with Gasteiger partial charge in [-0.15, -0.1) is 0 Å². The summed E-state index contributed by atoms with van der Waals surface area (Å²) in [4.78, 5) is 30.9. The quantitative estimate of drug-likeness (QED) is 0.494. The molecule has 2 amide bonds. The summed E-state index contributed by atoms with van der Waals surface area (Å²) >= 11 is 0. The number of aromatic nitrogens is 1. The fourth-order valence-corrected chi connectivity index (χ4v) is 4.33. The molecule has 6 nitrogen and oxygen atoms in total. The average molecular weight is 420 g/mol. The predicted molar refractivity (Wildman–Crippen MR) is 122 cm³/mol. The summed E-state index contributed by atoms with van der Waals surface area (Å²) in [6, 6.07) is 24.2. The Kier molecular flexibility index (Phi) is 4.92. The summed E-state index contributed by atoms with van der Waals surface area (Å²) < 4.78 is 0. The number of benzene rings is 3. The Balaban J connectivity index is 1.40. The predicted octanol–water partition coefficient (Wildman–Crippen LogP) is 4.61. The molecule has 4 aromatic rings. The van der Waals surface area contributed by atoms with Crippen LogP contribution >= 0.6 is 0 Å². The van der Waals surface area contributed by atoms with Crippen molar-refractivity contribution in [3.8, 4) is 6.07 Å². The van der Waals surface area contributed by atoms with Crippen LogP contribution in [0.2, 0.25) is 0 Å². The summed E-state index contributed by atoms with van der Waals surface area (Å²) in [6.07, 6.45) is 2.12. The van der Waals surface area contributed by atoms with Crippen molar-refractivity contribution < 1.29 is 9.59 Å². The minimum atomic E-state index is -0.252. The minimum absolute atomic E-state index is 0.0675. The summed E-state index contributed by atoms with van der Waals surface area (Å²) in [5.41, 5.74) is 4.82. The van der Waals surface area contributed by atoms with Gasteiger partial charge in [0, 0.05) is 46.9 Å². The van der Waals surface area contributed by atoms with Crippen molar-refractivity contribution in [2.75, 3.05) is 11.9 Å². The molecule has 0 saturated carbocycles. The second-order valence-electron chi connectivity index (χ2n) is 7.77. The maximum Gasteiger partial charge on any atom is 0.255 e. The minimum Gasteiger partial charge on any atom is -0.361 e. The lowest BCUT2D eigenvalue weighted by molar-refractivity contribution is -0.116. The number of H-pyrrole nitrogens is 1. The normalized spacial score (nSPS) is 14.9. The number of carbonyl (C=O) groups is 2. The lowest BCUT2D eigenvalue weighted by atomic mass is 9.97. The van der Waals surface area contributed by atoms with E-state index in [1.54, 1.807) is 29.2 Å². The summed E-state index contributed by atoms with van der Waals surface area (Å²) in [5, 5.41) is 12.8. The van der Waals surface area contributed by atoms with Gasteiger partial charge in [0.1, 0.15) is 0 Å². The first-order chi connectivity index (χ1) is 15.7. The largest absolute Gasteiger partial charge is 0.361 e. The Bertz CT molecular complexity index is 1360. The molecule has 5 rings (SSSR count). The van der Waals surface area contributed by atoms with E-state index in [9.17, 15) is 9.59 Å². The number of nitrogens with zero attached hydrogens (tertiary/aromatic N) is 2. The van der Waals surface area contributed by atoms with Crippen molar-refractivity contribution in [2.24, 2.45) is 0 Å². The molecule has 0 fully saturated rings. The molecule has 0 bridgehead atoms. The summed E-state index contributed by atoms with van der Waals surface area (Å²) in [5.74, 6) is -0.252. The highest BCUT2D eigenvalue weighted by Gasteiger charge is 2.38. The molecule has 6 heteroatoms. The number of amides is 2. The summed E-state index contributed by atoms with van der Waals surface area (Å²) in [6.45, 7) is 0.291. The van der Waals surface area contributed by atoms with Gasteiger partial charge in [-0.3, -0.25) is 9.59 Å². The number of carbonyl (C=O) groups excluding carboxylic acids is 2. The van der Waals surface area contributed by atoms with E-state index in [1.807, 2.05) is 54.7 Å². The second kappa shape index (κ2) is 8.05. The maximum atomic E-state index is 13.2. The Labute approximate surface area is 185 Å². The van der Waals surface area contributed by atoms with Crippen LogP contribution in [0, 0.1) is 11.3 Å². The molecule has 32 heavy (non-hydrogen) atoms. The fraction of sp³-hybridized carbons (Fsp3) is 0.115. The highest BCUT2D eigenvalue weighted by Crippen LogP contribution is 2.41. The van der Waals surface area contributed by atoms with Gasteiger partial charge in [-0.2, -0.15) is 5.26 Å². The standard InChI is InChI=1S/C26H20N4O2/c27-15-17-9-11-18(12-10-17)29-24(31)13-14-30-25(20-6-1-2-7-21(20)26(30)32)22-16-28-23-8-4-3-5-19(22)23/h1-12,16,25,28H,13-14H2,(H,29,31)/t25-/m1/s1. The number of rotatable bonds is 5. The second-order valence-corrected chi connectivity index (χ2v) is 7.77. The smallest absolute Gasteiger partial charge is 0.255 e. The van der Waals surface area contributed by atoms with Crippen LogP contribution in [0.5, 0.6) is 0 Å². The van der Waals surface area contributed by atoms with Gasteiger partial charge in [0.15, 0.2) is 0 Å². The SMILES string of the molecule is N#Cc1ccc(NC(=O)CCN2C(=O)c3ccccc3[C@@H]2c2c[nH]c3ccccc23)cc1. The van der Waals surface area contributed by atoms with Gasteiger partial charge < -0.3 is 15.2 Å². The zero-order chi connectivity index (χ0) is 22.1. The number of fused-ring (bicyclic) bond motifs is 2. The van der Waals surface area contributed by atoms with Crippen molar-refractivity contribution in [1.82, 2.24) is 9.88 Å². The molecule has 2 heterocycles. The molecule has 1 aliphatic heterocycles. The molecule has 0 unspecified atom stereocenters. The lowest BCUT2D eigenvalue weighted by Gasteiger charge is -2.25. The zero-order valence-electron chi connectivity index (χ0n) is 17.2. The Morgan fingerprint density at radius 2 is 1.75 bits per heavy atom. The fourth-order valence-electron chi connectivity index (χ4n) is 4.33. The van der Waals surface area contributed by atoms with E-state index >= 15 is 0 Å². The number of nitrogens with one attached hydrogen (secondary N) is 2. The highest BCUT2D eigenvalue weighted by atomic mass is 16.2. The Morgan fingerprint density at radius 1 is 1.00 bits per heavy atom. The lowest BCUT2D eigenvalue weighted by Crippen LogP contribution is -2.32. The number of anilines is 1. The van der Waals surface area contributed by atoms with Gasteiger partial charge >= 0.3 is 0 Å². The van der Waals surface area contributed by atoms with E-state index < -0.39 is 0 Å². The number of nitriles is 1. The van der Waals surface area contributed by atoms with Crippen molar-refractivity contribution in [2.45, 2.75) is 12.5 Å². The number of aromatic amines is 1. The number of hydrogen-bond donors (Lipinski definition) is 2. The molecule has 0 aliphatic carbocycles. The maximum absolute atomic E-state index is 13.2. The van der Waals surface area contributed by atoms with E-state index in [0.29, 0.717) is 23.4 Å². The third-order valence-corrected chi connectivity index (χ3v) is 5.85. The molecule has 0 spiro atoms. The molecule has 2 N–H and O–H groups in total. The first-order valence-corrected chi connectivity index (χ1v) is 10.4. The first-order valence-electron chi connectivity index (χ1n) is 10.4. The molecule has 156 valence electrons. The van der Waals surface area contributed by atoms with E-state index in [4.69, 9.17) is 5.26 Å². The molecule has 1 aromatic heterocycles. The van der Waals surface area contributed by atoms with Crippen molar-refractivity contribution in [1.29, 1.82) is 5.26 Å². The number of para-hydroxylation sites is 1.